The van der Waals surface area contributed by atoms with Crippen molar-refractivity contribution in [2.75, 3.05) is 0 Å². The van der Waals surface area contributed by atoms with Gasteiger partial charge in [0, 0.05) is 17.7 Å². The summed E-state index contributed by atoms with van der Waals surface area (Å²) in [6.45, 7) is 1.75. The SMILES string of the molecule is CCC(CC(=O)O)NC(=O)c1ccc(Br)c([N+](=O)[O-])c1. The fourth-order valence-electron chi connectivity index (χ4n) is 1.57. The van der Waals surface area contributed by atoms with Crippen LogP contribution in [0.5, 0.6) is 0 Å². The minimum atomic E-state index is -1.01. The predicted molar refractivity (Wildman–Crippen MR) is 74.6 cm³/mol. The normalized spacial score (nSPS) is 11.7. The monoisotopic (exact) mass is 344 g/mol. The number of benzene rings is 1. The first-order valence-electron chi connectivity index (χ1n) is 5.81. The number of rotatable bonds is 6. The van der Waals surface area contributed by atoms with Crippen LogP contribution in [0.4, 0.5) is 5.69 Å². The van der Waals surface area contributed by atoms with Crippen molar-refractivity contribution < 1.29 is 19.6 Å². The number of amides is 1. The van der Waals surface area contributed by atoms with Gasteiger partial charge in [-0.1, -0.05) is 6.92 Å². The van der Waals surface area contributed by atoms with Crippen molar-refractivity contribution >= 4 is 33.5 Å². The summed E-state index contributed by atoms with van der Waals surface area (Å²) in [7, 11) is 0. The van der Waals surface area contributed by atoms with E-state index < -0.39 is 22.8 Å². The summed E-state index contributed by atoms with van der Waals surface area (Å²) in [6, 6.07) is 3.47. The molecule has 0 aliphatic rings. The van der Waals surface area contributed by atoms with Crippen molar-refractivity contribution in [3.05, 3.63) is 38.3 Å². The Bertz CT molecular complexity index is 547. The zero-order chi connectivity index (χ0) is 15.3. The Morgan fingerprint density at radius 2 is 2.15 bits per heavy atom. The van der Waals surface area contributed by atoms with E-state index in [0.29, 0.717) is 6.42 Å². The molecule has 7 nitrogen and oxygen atoms in total. The van der Waals surface area contributed by atoms with Gasteiger partial charge in [0.15, 0.2) is 0 Å². The first kappa shape index (κ1) is 16.1. The van der Waals surface area contributed by atoms with Crippen molar-refractivity contribution in [1.82, 2.24) is 5.32 Å². The molecule has 0 fully saturated rings. The Morgan fingerprint density at radius 1 is 1.50 bits per heavy atom. The van der Waals surface area contributed by atoms with Gasteiger partial charge < -0.3 is 10.4 Å². The minimum Gasteiger partial charge on any atom is -0.481 e. The Labute approximate surface area is 123 Å². The summed E-state index contributed by atoms with van der Waals surface area (Å²) in [5, 5.41) is 22.0. The van der Waals surface area contributed by atoms with Gasteiger partial charge in [-0.25, -0.2) is 0 Å². The molecule has 1 aromatic carbocycles. The number of nitrogens with zero attached hydrogens (tertiary/aromatic N) is 1. The highest BCUT2D eigenvalue weighted by Crippen LogP contribution is 2.25. The van der Waals surface area contributed by atoms with E-state index in [1.54, 1.807) is 6.92 Å². The molecule has 1 atom stereocenters. The number of hydrogen-bond acceptors (Lipinski definition) is 4. The van der Waals surface area contributed by atoms with Crippen LogP contribution < -0.4 is 5.32 Å². The van der Waals surface area contributed by atoms with Crippen molar-refractivity contribution in [3.63, 3.8) is 0 Å². The summed E-state index contributed by atoms with van der Waals surface area (Å²) in [6.07, 6.45) is 0.261. The molecule has 0 aliphatic carbocycles. The van der Waals surface area contributed by atoms with Gasteiger partial charge in [0.25, 0.3) is 11.6 Å². The molecule has 0 saturated heterocycles. The van der Waals surface area contributed by atoms with Crippen LogP contribution in [-0.2, 0) is 4.79 Å². The van der Waals surface area contributed by atoms with Crippen LogP contribution in [0.2, 0.25) is 0 Å². The molecule has 108 valence electrons. The molecule has 1 amide bonds. The van der Waals surface area contributed by atoms with Gasteiger partial charge in [-0.2, -0.15) is 0 Å². The maximum atomic E-state index is 11.9. The molecule has 0 aromatic heterocycles. The Morgan fingerprint density at radius 3 is 2.65 bits per heavy atom. The van der Waals surface area contributed by atoms with Gasteiger partial charge in [0.2, 0.25) is 0 Å². The number of halogens is 1. The van der Waals surface area contributed by atoms with Crippen LogP contribution in [0.15, 0.2) is 22.7 Å². The Hall–Kier alpha value is -1.96. The lowest BCUT2D eigenvalue weighted by atomic mass is 10.1. The third kappa shape index (κ3) is 4.30. The molecule has 0 radical (unpaired) electrons. The molecule has 1 aromatic rings. The van der Waals surface area contributed by atoms with Gasteiger partial charge >= 0.3 is 5.97 Å². The van der Waals surface area contributed by atoms with Crippen molar-refractivity contribution in [3.8, 4) is 0 Å². The van der Waals surface area contributed by atoms with Crippen LogP contribution in [0, 0.1) is 10.1 Å². The standard InChI is InChI=1S/C12H13BrN2O5/c1-2-8(6-11(16)17)14-12(18)7-3-4-9(13)10(5-7)15(19)20/h3-5,8H,2,6H2,1H3,(H,14,18)(H,16,17). The van der Waals surface area contributed by atoms with E-state index in [0.717, 1.165) is 6.07 Å². The number of nitro groups is 1. The quantitative estimate of drug-likeness (QED) is 0.607. The summed E-state index contributed by atoms with van der Waals surface area (Å²) in [4.78, 5) is 32.8. The van der Waals surface area contributed by atoms with E-state index in [2.05, 4.69) is 21.2 Å². The van der Waals surface area contributed by atoms with Crippen LogP contribution in [0.3, 0.4) is 0 Å². The first-order chi connectivity index (χ1) is 9.35. The number of nitro benzene ring substituents is 1. The Kier molecular flexibility index (Phi) is 5.63. The van der Waals surface area contributed by atoms with Crippen LogP contribution in [0.25, 0.3) is 0 Å². The zero-order valence-corrected chi connectivity index (χ0v) is 12.2. The minimum absolute atomic E-state index is 0.115. The number of carboxylic acid groups (broad SMARTS) is 1. The van der Waals surface area contributed by atoms with Crippen molar-refractivity contribution in [1.29, 1.82) is 0 Å². The van der Waals surface area contributed by atoms with E-state index in [-0.39, 0.29) is 22.1 Å². The topological polar surface area (TPSA) is 110 Å². The Balaban J connectivity index is 2.89. The number of carbonyl (C=O) groups excluding carboxylic acids is 1. The number of carbonyl (C=O) groups is 2. The van der Waals surface area contributed by atoms with Gasteiger partial charge in [0.1, 0.15) is 0 Å². The van der Waals surface area contributed by atoms with Crippen molar-refractivity contribution in [2.24, 2.45) is 0 Å². The fourth-order valence-corrected chi connectivity index (χ4v) is 1.96. The summed E-state index contributed by atoms with van der Waals surface area (Å²) in [5.41, 5.74) is -0.104. The summed E-state index contributed by atoms with van der Waals surface area (Å²) in [5.74, 6) is -1.55. The lowest BCUT2D eigenvalue weighted by molar-refractivity contribution is -0.385. The second kappa shape index (κ2) is 6.99. The van der Waals surface area contributed by atoms with Gasteiger partial charge in [-0.15, -0.1) is 0 Å². The molecule has 8 heteroatoms. The number of nitrogens with one attached hydrogen (secondary N) is 1. The molecule has 2 N–H and O–H groups in total. The molecule has 1 unspecified atom stereocenters. The summed E-state index contributed by atoms with van der Waals surface area (Å²) >= 11 is 3.03. The lowest BCUT2D eigenvalue weighted by Gasteiger charge is -2.14. The third-order valence-electron chi connectivity index (χ3n) is 2.65. The third-order valence-corrected chi connectivity index (χ3v) is 3.32. The average Bonchev–Trinajstić information content (AvgIpc) is 2.37. The smallest absolute Gasteiger partial charge is 0.305 e. The molecule has 0 heterocycles. The predicted octanol–water partition coefficient (Wildman–Crippen LogP) is 2.34. The maximum Gasteiger partial charge on any atom is 0.305 e. The summed E-state index contributed by atoms with van der Waals surface area (Å²) < 4.78 is 0.275. The van der Waals surface area contributed by atoms with Gasteiger partial charge in [-0.3, -0.25) is 19.7 Å². The molecule has 0 aliphatic heterocycles. The second-order valence-corrected chi connectivity index (χ2v) is 4.95. The highest BCUT2D eigenvalue weighted by atomic mass is 79.9. The molecular weight excluding hydrogens is 332 g/mol. The molecule has 0 bridgehead atoms. The molecule has 0 saturated carbocycles. The highest BCUT2D eigenvalue weighted by Gasteiger charge is 2.19. The van der Waals surface area contributed by atoms with E-state index in [9.17, 15) is 19.7 Å². The highest BCUT2D eigenvalue weighted by molar-refractivity contribution is 9.10. The molecular formula is C12H13BrN2O5. The van der Waals surface area contributed by atoms with E-state index in [4.69, 9.17) is 5.11 Å². The van der Waals surface area contributed by atoms with E-state index in [1.165, 1.54) is 12.1 Å². The van der Waals surface area contributed by atoms with E-state index in [1.807, 2.05) is 0 Å². The van der Waals surface area contributed by atoms with E-state index >= 15 is 0 Å². The van der Waals surface area contributed by atoms with Crippen LogP contribution >= 0.6 is 15.9 Å². The lowest BCUT2D eigenvalue weighted by Crippen LogP contribution is -2.36. The van der Waals surface area contributed by atoms with Crippen LogP contribution in [-0.4, -0.2) is 27.9 Å². The zero-order valence-electron chi connectivity index (χ0n) is 10.6. The largest absolute Gasteiger partial charge is 0.481 e. The first-order valence-corrected chi connectivity index (χ1v) is 6.61. The number of aliphatic carboxylic acids is 1. The molecule has 1 rings (SSSR count). The van der Waals surface area contributed by atoms with Crippen molar-refractivity contribution in [2.45, 2.75) is 25.8 Å². The second-order valence-electron chi connectivity index (χ2n) is 4.10. The van der Waals surface area contributed by atoms with Gasteiger partial charge in [0.05, 0.1) is 15.8 Å². The van der Waals surface area contributed by atoms with Gasteiger partial charge in [-0.05, 0) is 34.5 Å². The maximum absolute atomic E-state index is 11.9. The van der Waals surface area contributed by atoms with Crippen LogP contribution in [0.1, 0.15) is 30.1 Å². The molecule has 20 heavy (non-hydrogen) atoms. The molecule has 0 spiro atoms. The fraction of sp³-hybridized carbons (Fsp3) is 0.333. The average molecular weight is 345 g/mol. The number of carboxylic acids is 1. The number of hydrogen-bond donors (Lipinski definition) is 2.